The normalized spacial score (nSPS) is 10.1. The number of methoxy groups -OCH3 is 1. The SMILES string of the molecule is COc1cccc(Oc2ccc(CNC(=O)c3cccc(NC(C)=O)c3)cn2)c1. The first kappa shape index (κ1) is 19.9. The first-order chi connectivity index (χ1) is 14.0. The molecule has 0 aliphatic carbocycles. The van der Waals surface area contributed by atoms with Crippen molar-refractivity contribution < 1.29 is 19.1 Å². The fourth-order valence-electron chi connectivity index (χ4n) is 2.59. The number of ether oxygens (including phenoxy) is 2. The molecule has 3 aromatic rings. The number of nitrogens with one attached hydrogen (secondary N) is 2. The maximum atomic E-state index is 12.3. The minimum absolute atomic E-state index is 0.190. The quantitative estimate of drug-likeness (QED) is 0.640. The van der Waals surface area contributed by atoms with Crippen molar-refractivity contribution in [1.29, 1.82) is 0 Å². The summed E-state index contributed by atoms with van der Waals surface area (Å²) in [5.41, 5.74) is 1.86. The average Bonchev–Trinajstić information content (AvgIpc) is 2.73. The summed E-state index contributed by atoms with van der Waals surface area (Å²) in [6, 6.07) is 17.6. The maximum Gasteiger partial charge on any atom is 0.251 e. The van der Waals surface area contributed by atoms with E-state index in [0.29, 0.717) is 35.2 Å². The second-order valence-electron chi connectivity index (χ2n) is 6.23. The van der Waals surface area contributed by atoms with E-state index >= 15 is 0 Å². The van der Waals surface area contributed by atoms with Crippen molar-refractivity contribution in [1.82, 2.24) is 10.3 Å². The lowest BCUT2D eigenvalue weighted by Crippen LogP contribution is -2.23. The molecule has 0 saturated heterocycles. The molecule has 0 aliphatic rings. The van der Waals surface area contributed by atoms with E-state index in [1.54, 1.807) is 49.7 Å². The third-order valence-electron chi connectivity index (χ3n) is 3.96. The lowest BCUT2D eigenvalue weighted by Gasteiger charge is -2.09. The second-order valence-corrected chi connectivity index (χ2v) is 6.23. The van der Waals surface area contributed by atoms with Gasteiger partial charge < -0.3 is 20.1 Å². The number of benzene rings is 2. The van der Waals surface area contributed by atoms with E-state index in [0.717, 1.165) is 5.56 Å². The van der Waals surface area contributed by atoms with Gasteiger partial charge in [0.05, 0.1) is 7.11 Å². The predicted molar refractivity (Wildman–Crippen MR) is 109 cm³/mol. The van der Waals surface area contributed by atoms with Crippen LogP contribution in [0, 0.1) is 0 Å². The molecule has 1 heterocycles. The van der Waals surface area contributed by atoms with Gasteiger partial charge in [0.15, 0.2) is 0 Å². The zero-order valence-electron chi connectivity index (χ0n) is 16.1. The molecule has 0 atom stereocenters. The van der Waals surface area contributed by atoms with Gasteiger partial charge in [0, 0.05) is 43.0 Å². The van der Waals surface area contributed by atoms with Crippen molar-refractivity contribution in [3.8, 4) is 17.4 Å². The third-order valence-corrected chi connectivity index (χ3v) is 3.96. The lowest BCUT2D eigenvalue weighted by molar-refractivity contribution is -0.114. The molecule has 0 radical (unpaired) electrons. The highest BCUT2D eigenvalue weighted by Gasteiger charge is 2.07. The van der Waals surface area contributed by atoms with E-state index in [1.807, 2.05) is 24.3 Å². The molecule has 0 spiro atoms. The number of carbonyl (C=O) groups is 2. The van der Waals surface area contributed by atoms with E-state index in [4.69, 9.17) is 9.47 Å². The first-order valence-corrected chi connectivity index (χ1v) is 8.96. The predicted octanol–water partition coefficient (Wildman–Crippen LogP) is 3.77. The number of aromatic nitrogens is 1. The molecule has 0 saturated carbocycles. The number of rotatable bonds is 7. The summed E-state index contributed by atoms with van der Waals surface area (Å²) in [6.45, 7) is 1.73. The second kappa shape index (κ2) is 9.36. The molecule has 2 N–H and O–H groups in total. The Balaban J connectivity index is 1.57. The molecule has 7 heteroatoms. The van der Waals surface area contributed by atoms with Crippen LogP contribution in [0.4, 0.5) is 5.69 Å². The van der Waals surface area contributed by atoms with Crippen molar-refractivity contribution in [2.24, 2.45) is 0 Å². The molecule has 2 amide bonds. The van der Waals surface area contributed by atoms with Crippen LogP contribution >= 0.6 is 0 Å². The smallest absolute Gasteiger partial charge is 0.251 e. The van der Waals surface area contributed by atoms with E-state index in [2.05, 4.69) is 15.6 Å². The standard InChI is InChI=1S/C22H21N3O4/c1-15(26)25-18-6-3-5-17(11-18)22(27)24-14-16-9-10-21(23-13-16)29-20-8-4-7-19(12-20)28-2/h3-13H,14H2,1-2H3,(H,24,27)(H,25,26). The van der Waals surface area contributed by atoms with Gasteiger partial charge in [-0.2, -0.15) is 0 Å². The summed E-state index contributed by atoms with van der Waals surface area (Å²) in [4.78, 5) is 27.8. The summed E-state index contributed by atoms with van der Waals surface area (Å²) < 4.78 is 10.9. The Morgan fingerprint density at radius 1 is 1.00 bits per heavy atom. The summed E-state index contributed by atoms with van der Waals surface area (Å²) >= 11 is 0. The van der Waals surface area contributed by atoms with Crippen LogP contribution in [0.3, 0.4) is 0 Å². The number of amides is 2. The minimum Gasteiger partial charge on any atom is -0.497 e. The van der Waals surface area contributed by atoms with E-state index in [1.165, 1.54) is 6.92 Å². The van der Waals surface area contributed by atoms with Crippen LogP contribution in [0.25, 0.3) is 0 Å². The van der Waals surface area contributed by atoms with Gasteiger partial charge in [0.2, 0.25) is 11.8 Å². The maximum absolute atomic E-state index is 12.3. The van der Waals surface area contributed by atoms with Crippen LogP contribution in [0.15, 0.2) is 66.9 Å². The Kier molecular flexibility index (Phi) is 6.42. The number of hydrogen-bond acceptors (Lipinski definition) is 5. The zero-order chi connectivity index (χ0) is 20.6. The first-order valence-electron chi connectivity index (χ1n) is 8.96. The Bertz CT molecular complexity index is 1000. The number of carbonyl (C=O) groups excluding carboxylic acids is 2. The summed E-state index contributed by atoms with van der Waals surface area (Å²) in [5.74, 6) is 1.33. The molecule has 0 unspecified atom stereocenters. The van der Waals surface area contributed by atoms with Gasteiger partial charge in [-0.1, -0.05) is 18.2 Å². The van der Waals surface area contributed by atoms with Gasteiger partial charge in [-0.25, -0.2) is 4.98 Å². The monoisotopic (exact) mass is 391 g/mol. The Morgan fingerprint density at radius 3 is 2.52 bits per heavy atom. The van der Waals surface area contributed by atoms with Crippen LogP contribution in [-0.2, 0) is 11.3 Å². The Hall–Kier alpha value is -3.87. The van der Waals surface area contributed by atoms with Gasteiger partial charge in [-0.05, 0) is 35.9 Å². The fraction of sp³-hybridized carbons (Fsp3) is 0.136. The van der Waals surface area contributed by atoms with E-state index in [9.17, 15) is 9.59 Å². The highest BCUT2D eigenvalue weighted by molar-refractivity contribution is 5.96. The molecule has 0 fully saturated rings. The highest BCUT2D eigenvalue weighted by atomic mass is 16.5. The number of anilines is 1. The van der Waals surface area contributed by atoms with Crippen LogP contribution in [0.2, 0.25) is 0 Å². The van der Waals surface area contributed by atoms with Gasteiger partial charge in [-0.15, -0.1) is 0 Å². The van der Waals surface area contributed by atoms with Crippen molar-refractivity contribution in [3.05, 3.63) is 78.0 Å². The van der Waals surface area contributed by atoms with Crippen LogP contribution in [-0.4, -0.2) is 23.9 Å². The largest absolute Gasteiger partial charge is 0.497 e. The minimum atomic E-state index is -0.242. The molecule has 1 aromatic heterocycles. The van der Waals surface area contributed by atoms with Gasteiger partial charge in [0.1, 0.15) is 11.5 Å². The fourth-order valence-corrected chi connectivity index (χ4v) is 2.59. The topological polar surface area (TPSA) is 89.5 Å². The van der Waals surface area contributed by atoms with Gasteiger partial charge in [-0.3, -0.25) is 9.59 Å². The van der Waals surface area contributed by atoms with Crippen LogP contribution in [0.1, 0.15) is 22.8 Å². The van der Waals surface area contributed by atoms with Crippen molar-refractivity contribution in [3.63, 3.8) is 0 Å². The summed E-state index contributed by atoms with van der Waals surface area (Å²) in [6.07, 6.45) is 1.64. The average molecular weight is 391 g/mol. The van der Waals surface area contributed by atoms with Crippen LogP contribution in [0.5, 0.6) is 17.4 Å². The number of pyridine rings is 1. The molecule has 0 aliphatic heterocycles. The van der Waals surface area contributed by atoms with Gasteiger partial charge in [0.25, 0.3) is 5.91 Å². The zero-order valence-corrected chi connectivity index (χ0v) is 16.1. The van der Waals surface area contributed by atoms with Crippen molar-refractivity contribution >= 4 is 17.5 Å². The Morgan fingerprint density at radius 2 is 1.79 bits per heavy atom. The molecular weight excluding hydrogens is 370 g/mol. The molecule has 7 nitrogen and oxygen atoms in total. The number of nitrogens with zero attached hydrogens (tertiary/aromatic N) is 1. The van der Waals surface area contributed by atoms with Crippen LogP contribution < -0.4 is 20.1 Å². The number of hydrogen-bond donors (Lipinski definition) is 2. The summed E-state index contributed by atoms with van der Waals surface area (Å²) in [7, 11) is 1.59. The van der Waals surface area contributed by atoms with Crippen molar-refractivity contribution in [2.45, 2.75) is 13.5 Å². The van der Waals surface area contributed by atoms with E-state index in [-0.39, 0.29) is 11.8 Å². The molecule has 29 heavy (non-hydrogen) atoms. The van der Waals surface area contributed by atoms with E-state index < -0.39 is 0 Å². The lowest BCUT2D eigenvalue weighted by atomic mass is 10.2. The molecule has 148 valence electrons. The highest BCUT2D eigenvalue weighted by Crippen LogP contribution is 2.23. The summed E-state index contributed by atoms with van der Waals surface area (Å²) in [5, 5.41) is 5.49. The molecule has 3 rings (SSSR count). The molecule has 2 aromatic carbocycles. The molecular formula is C22H21N3O4. The molecule has 0 bridgehead atoms. The van der Waals surface area contributed by atoms with Gasteiger partial charge >= 0.3 is 0 Å². The Labute approximate surface area is 168 Å². The van der Waals surface area contributed by atoms with Crippen molar-refractivity contribution in [2.75, 3.05) is 12.4 Å². The third kappa shape index (κ3) is 5.80.